The molecule has 1 fully saturated rings. The maximum atomic E-state index is 12.9. The van der Waals surface area contributed by atoms with Crippen molar-refractivity contribution in [3.05, 3.63) is 23.0 Å². The normalized spacial score (nSPS) is 15.6. The van der Waals surface area contributed by atoms with Crippen molar-refractivity contribution in [3.63, 3.8) is 0 Å². The lowest BCUT2D eigenvalue weighted by atomic mass is 10.1. The summed E-state index contributed by atoms with van der Waals surface area (Å²) < 4.78 is 0. The zero-order valence-corrected chi connectivity index (χ0v) is 13.6. The van der Waals surface area contributed by atoms with Crippen LogP contribution >= 0.6 is 11.6 Å². The molecular weight excluding hydrogens is 286 g/mol. The van der Waals surface area contributed by atoms with Crippen LogP contribution in [0.3, 0.4) is 0 Å². The molecule has 5 heteroatoms. The molecule has 0 spiro atoms. The van der Waals surface area contributed by atoms with E-state index in [-0.39, 0.29) is 11.1 Å². The van der Waals surface area contributed by atoms with Crippen LogP contribution in [-0.2, 0) is 0 Å². The molecule has 1 heterocycles. The summed E-state index contributed by atoms with van der Waals surface area (Å²) in [6, 6.07) is 1.96. The molecule has 21 heavy (non-hydrogen) atoms. The van der Waals surface area contributed by atoms with Gasteiger partial charge in [0, 0.05) is 12.6 Å². The fourth-order valence-corrected chi connectivity index (χ4v) is 3.02. The first kappa shape index (κ1) is 16.1. The molecule has 1 aliphatic carbocycles. The Morgan fingerprint density at radius 2 is 2.14 bits per heavy atom. The fourth-order valence-electron chi connectivity index (χ4n) is 2.83. The molecule has 1 aliphatic rings. The molecule has 0 saturated heterocycles. The second-order valence-electron chi connectivity index (χ2n) is 6.23. The van der Waals surface area contributed by atoms with Crippen molar-refractivity contribution < 1.29 is 4.79 Å². The van der Waals surface area contributed by atoms with E-state index in [1.807, 2.05) is 4.90 Å². The van der Waals surface area contributed by atoms with Gasteiger partial charge >= 0.3 is 0 Å². The highest BCUT2D eigenvalue weighted by Gasteiger charge is 2.28. The highest BCUT2D eigenvalue weighted by molar-refractivity contribution is 6.32. The topological polar surface area (TPSA) is 59.2 Å². The van der Waals surface area contributed by atoms with Gasteiger partial charge in [0.25, 0.3) is 5.91 Å². The lowest BCUT2D eigenvalue weighted by Crippen LogP contribution is -2.40. The average molecular weight is 310 g/mol. The number of nitrogen functional groups attached to an aromatic ring is 1. The van der Waals surface area contributed by atoms with Gasteiger partial charge in [-0.3, -0.25) is 4.79 Å². The van der Waals surface area contributed by atoms with Gasteiger partial charge in [0.2, 0.25) is 0 Å². The van der Waals surface area contributed by atoms with Crippen molar-refractivity contribution in [1.82, 2.24) is 9.88 Å². The number of hydrogen-bond donors (Lipinski definition) is 1. The molecule has 2 N–H and O–H groups in total. The van der Waals surface area contributed by atoms with Crippen LogP contribution < -0.4 is 5.73 Å². The third-order valence-electron chi connectivity index (χ3n) is 4.06. The first-order valence-electron chi connectivity index (χ1n) is 7.71. The number of pyridine rings is 1. The number of nitrogens with two attached hydrogens (primary N) is 1. The number of halogens is 1. The van der Waals surface area contributed by atoms with Gasteiger partial charge < -0.3 is 10.6 Å². The number of rotatable bonds is 5. The third-order valence-corrected chi connectivity index (χ3v) is 4.37. The minimum Gasteiger partial charge on any atom is -0.397 e. The van der Waals surface area contributed by atoms with Gasteiger partial charge in [0.05, 0.1) is 17.4 Å². The van der Waals surface area contributed by atoms with Crippen LogP contribution in [0, 0.1) is 5.92 Å². The van der Waals surface area contributed by atoms with Crippen molar-refractivity contribution in [3.8, 4) is 0 Å². The van der Waals surface area contributed by atoms with Crippen LogP contribution in [0.2, 0.25) is 5.15 Å². The third kappa shape index (κ3) is 4.10. The molecule has 1 saturated carbocycles. The van der Waals surface area contributed by atoms with Gasteiger partial charge in [-0.15, -0.1) is 0 Å². The second-order valence-corrected chi connectivity index (χ2v) is 6.58. The summed E-state index contributed by atoms with van der Waals surface area (Å²) >= 11 is 6.09. The van der Waals surface area contributed by atoms with Crippen molar-refractivity contribution in [2.24, 2.45) is 5.92 Å². The van der Waals surface area contributed by atoms with Crippen molar-refractivity contribution in [1.29, 1.82) is 0 Å². The average Bonchev–Trinajstić information content (AvgIpc) is 2.95. The molecule has 0 atom stereocenters. The summed E-state index contributed by atoms with van der Waals surface area (Å²) in [6.45, 7) is 5.12. The van der Waals surface area contributed by atoms with E-state index < -0.39 is 0 Å². The summed E-state index contributed by atoms with van der Waals surface area (Å²) in [6.07, 6.45) is 7.02. The lowest BCUT2D eigenvalue weighted by Gasteiger charge is -2.30. The van der Waals surface area contributed by atoms with Crippen LogP contribution in [-0.4, -0.2) is 28.4 Å². The minimum absolute atomic E-state index is 0.0349. The molecule has 0 unspecified atom stereocenters. The highest BCUT2D eigenvalue weighted by Crippen LogP contribution is 2.27. The number of aromatic nitrogens is 1. The summed E-state index contributed by atoms with van der Waals surface area (Å²) in [5.74, 6) is 0.531. The molecule has 116 valence electrons. The standard InChI is InChI=1S/C16H24ClN3O/c1-11(2)7-8-20(13-5-3-4-6-13)16(21)14-9-12(18)10-19-15(14)17/h9-11,13H,3-8,18H2,1-2H3. The van der Waals surface area contributed by atoms with E-state index in [4.69, 9.17) is 17.3 Å². The Bertz CT molecular complexity index is 498. The molecular formula is C16H24ClN3O. The summed E-state index contributed by atoms with van der Waals surface area (Å²) in [5, 5.41) is 0.238. The van der Waals surface area contributed by atoms with Crippen LogP contribution in [0.25, 0.3) is 0 Å². The molecule has 0 radical (unpaired) electrons. The number of amides is 1. The molecule has 0 bridgehead atoms. The number of nitrogens with zero attached hydrogens (tertiary/aromatic N) is 2. The monoisotopic (exact) mass is 309 g/mol. The van der Waals surface area contributed by atoms with E-state index >= 15 is 0 Å². The van der Waals surface area contributed by atoms with E-state index in [0.717, 1.165) is 25.8 Å². The molecule has 0 aliphatic heterocycles. The van der Waals surface area contributed by atoms with Crippen LogP contribution in [0.4, 0.5) is 5.69 Å². The molecule has 1 aromatic heterocycles. The smallest absolute Gasteiger partial charge is 0.257 e. The first-order valence-corrected chi connectivity index (χ1v) is 8.09. The number of carbonyl (C=O) groups excluding carboxylic acids is 1. The number of hydrogen-bond acceptors (Lipinski definition) is 3. The SMILES string of the molecule is CC(C)CCN(C(=O)c1cc(N)cnc1Cl)C1CCCC1. The number of anilines is 1. The van der Waals surface area contributed by atoms with E-state index in [1.54, 1.807) is 6.07 Å². The highest BCUT2D eigenvalue weighted by atomic mass is 35.5. The second kappa shape index (κ2) is 7.12. The molecule has 4 nitrogen and oxygen atoms in total. The van der Waals surface area contributed by atoms with Crippen molar-refractivity contribution in [2.45, 2.75) is 52.0 Å². The van der Waals surface area contributed by atoms with E-state index in [1.165, 1.54) is 19.0 Å². The van der Waals surface area contributed by atoms with Gasteiger partial charge in [-0.25, -0.2) is 4.98 Å². The quantitative estimate of drug-likeness (QED) is 0.843. The van der Waals surface area contributed by atoms with Gasteiger partial charge in [0.15, 0.2) is 0 Å². The Kier molecular flexibility index (Phi) is 5.45. The van der Waals surface area contributed by atoms with Gasteiger partial charge in [-0.2, -0.15) is 0 Å². The number of carbonyl (C=O) groups is 1. The van der Waals surface area contributed by atoms with Crippen molar-refractivity contribution in [2.75, 3.05) is 12.3 Å². The maximum absolute atomic E-state index is 12.9. The maximum Gasteiger partial charge on any atom is 0.257 e. The summed E-state index contributed by atoms with van der Waals surface area (Å²) in [5.41, 5.74) is 6.64. The zero-order valence-electron chi connectivity index (χ0n) is 12.8. The summed E-state index contributed by atoms with van der Waals surface area (Å²) in [7, 11) is 0. The van der Waals surface area contributed by atoms with E-state index in [9.17, 15) is 4.79 Å². The van der Waals surface area contributed by atoms with Crippen LogP contribution in [0.1, 0.15) is 56.3 Å². The van der Waals surface area contributed by atoms with E-state index in [2.05, 4.69) is 18.8 Å². The largest absolute Gasteiger partial charge is 0.397 e. The Balaban J connectivity index is 2.21. The summed E-state index contributed by atoms with van der Waals surface area (Å²) in [4.78, 5) is 18.8. The predicted octanol–water partition coefficient (Wildman–Crippen LogP) is 3.75. The first-order chi connectivity index (χ1) is 9.99. The lowest BCUT2D eigenvalue weighted by molar-refractivity contribution is 0.0671. The Morgan fingerprint density at radius 3 is 2.76 bits per heavy atom. The Morgan fingerprint density at radius 1 is 1.48 bits per heavy atom. The molecule has 2 rings (SSSR count). The van der Waals surface area contributed by atoms with Crippen molar-refractivity contribution >= 4 is 23.2 Å². The zero-order chi connectivity index (χ0) is 15.4. The molecule has 1 aromatic rings. The predicted molar refractivity (Wildman–Crippen MR) is 86.4 cm³/mol. The van der Waals surface area contributed by atoms with Gasteiger partial charge in [-0.05, 0) is 31.2 Å². The Hall–Kier alpha value is -1.29. The fraction of sp³-hybridized carbons (Fsp3) is 0.625. The van der Waals surface area contributed by atoms with Gasteiger partial charge in [-0.1, -0.05) is 38.3 Å². The Labute approximate surface area is 131 Å². The minimum atomic E-state index is -0.0349. The van der Waals surface area contributed by atoms with Gasteiger partial charge in [0.1, 0.15) is 5.15 Å². The molecule has 0 aromatic carbocycles. The van der Waals surface area contributed by atoms with Crippen LogP contribution in [0.15, 0.2) is 12.3 Å². The molecule has 1 amide bonds. The van der Waals surface area contributed by atoms with E-state index in [0.29, 0.717) is 23.2 Å². The van der Waals surface area contributed by atoms with Crippen LogP contribution in [0.5, 0.6) is 0 Å².